The monoisotopic (exact) mass is 384 g/mol. The topological polar surface area (TPSA) is 113 Å². The molecule has 0 saturated heterocycles. The Morgan fingerprint density at radius 3 is 1.46 bits per heavy atom. The smallest absolute Gasteiger partial charge is 0.330 e. The molecular formula is C21H20O7. The third kappa shape index (κ3) is 7.76. The van der Waals surface area contributed by atoms with E-state index in [0.717, 1.165) is 0 Å². The standard InChI is InChI=1S/C21H20O7/c22-17-7-1-15(2-8-17)5-11-20(25)27-13-19(24)14-28-21(26)12-6-16-3-9-18(23)10-4-16/h1-12,19,22-24H,13-14H2. The van der Waals surface area contributed by atoms with E-state index in [-0.39, 0.29) is 24.7 Å². The maximum absolute atomic E-state index is 11.6. The molecule has 2 aromatic carbocycles. The summed E-state index contributed by atoms with van der Waals surface area (Å²) in [5.74, 6) is -1.08. The maximum Gasteiger partial charge on any atom is 0.330 e. The molecule has 0 aliphatic heterocycles. The number of benzene rings is 2. The second-order valence-corrected chi connectivity index (χ2v) is 5.76. The molecule has 0 heterocycles. The van der Waals surface area contributed by atoms with Crippen molar-refractivity contribution in [3.8, 4) is 11.5 Å². The van der Waals surface area contributed by atoms with Crippen molar-refractivity contribution >= 4 is 24.1 Å². The fraction of sp³-hybridized carbons (Fsp3) is 0.143. The van der Waals surface area contributed by atoms with Crippen molar-refractivity contribution in [2.24, 2.45) is 0 Å². The first-order valence-corrected chi connectivity index (χ1v) is 8.38. The van der Waals surface area contributed by atoms with E-state index in [1.807, 2.05) is 0 Å². The lowest BCUT2D eigenvalue weighted by atomic mass is 10.2. The highest BCUT2D eigenvalue weighted by Crippen LogP contribution is 2.11. The zero-order valence-corrected chi connectivity index (χ0v) is 14.9. The van der Waals surface area contributed by atoms with Gasteiger partial charge in [-0.2, -0.15) is 0 Å². The second kappa shape index (κ2) is 10.5. The van der Waals surface area contributed by atoms with Crippen LogP contribution < -0.4 is 0 Å². The lowest BCUT2D eigenvalue weighted by molar-refractivity contribution is -0.146. The van der Waals surface area contributed by atoms with Crippen molar-refractivity contribution in [3.05, 3.63) is 71.8 Å². The average Bonchev–Trinajstić information content (AvgIpc) is 2.69. The highest BCUT2D eigenvalue weighted by molar-refractivity contribution is 5.87. The third-order valence-corrected chi connectivity index (χ3v) is 3.45. The first-order chi connectivity index (χ1) is 13.4. The Labute approximate surface area is 161 Å². The Bertz CT molecular complexity index is 765. The number of phenolic OH excluding ortho intramolecular Hbond substituents is 2. The Kier molecular flexibility index (Phi) is 7.80. The summed E-state index contributed by atoms with van der Waals surface area (Å²) in [6, 6.07) is 12.4. The number of phenols is 2. The van der Waals surface area contributed by atoms with Gasteiger partial charge in [0.2, 0.25) is 0 Å². The highest BCUT2D eigenvalue weighted by Gasteiger charge is 2.09. The zero-order chi connectivity index (χ0) is 20.4. The number of hydrogen-bond donors (Lipinski definition) is 3. The van der Waals surface area contributed by atoms with Crippen molar-refractivity contribution in [1.29, 1.82) is 0 Å². The molecule has 0 spiro atoms. The summed E-state index contributed by atoms with van der Waals surface area (Å²) in [5, 5.41) is 28.1. The molecule has 0 bridgehead atoms. The van der Waals surface area contributed by atoms with Gasteiger partial charge in [0.15, 0.2) is 0 Å². The highest BCUT2D eigenvalue weighted by atomic mass is 16.6. The van der Waals surface area contributed by atoms with E-state index in [9.17, 15) is 24.9 Å². The minimum absolute atomic E-state index is 0.121. The van der Waals surface area contributed by atoms with Crippen LogP contribution in [-0.2, 0) is 19.1 Å². The quantitative estimate of drug-likeness (QED) is 0.473. The minimum atomic E-state index is -1.16. The number of aromatic hydroxyl groups is 2. The summed E-state index contributed by atoms with van der Waals surface area (Å²) in [5.41, 5.74) is 1.40. The minimum Gasteiger partial charge on any atom is -0.508 e. The van der Waals surface area contributed by atoms with Gasteiger partial charge in [0.05, 0.1) is 0 Å². The molecule has 7 nitrogen and oxygen atoms in total. The fourth-order valence-corrected chi connectivity index (χ4v) is 2.00. The molecule has 0 amide bonds. The number of ether oxygens (including phenoxy) is 2. The van der Waals surface area contributed by atoms with Gasteiger partial charge >= 0.3 is 11.9 Å². The average molecular weight is 384 g/mol. The molecule has 0 atom stereocenters. The van der Waals surface area contributed by atoms with Gasteiger partial charge in [-0.05, 0) is 47.5 Å². The molecule has 0 saturated carbocycles. The molecule has 146 valence electrons. The summed E-state index contributed by atoms with van der Waals surface area (Å²) in [4.78, 5) is 23.2. The first kappa shape index (κ1) is 20.7. The Morgan fingerprint density at radius 1 is 0.750 bits per heavy atom. The van der Waals surface area contributed by atoms with Crippen LogP contribution in [0.25, 0.3) is 12.2 Å². The van der Waals surface area contributed by atoms with Gasteiger partial charge in [-0.3, -0.25) is 0 Å². The molecule has 28 heavy (non-hydrogen) atoms. The molecule has 7 heteroatoms. The number of aliphatic hydroxyl groups excluding tert-OH is 1. The number of esters is 2. The van der Waals surface area contributed by atoms with Crippen LogP contribution in [0, 0.1) is 0 Å². The summed E-state index contributed by atoms with van der Waals surface area (Å²) >= 11 is 0. The van der Waals surface area contributed by atoms with Crippen molar-refractivity contribution in [3.63, 3.8) is 0 Å². The van der Waals surface area contributed by atoms with Crippen molar-refractivity contribution in [1.82, 2.24) is 0 Å². The van der Waals surface area contributed by atoms with Crippen LogP contribution in [0.1, 0.15) is 11.1 Å². The summed E-state index contributed by atoms with van der Waals surface area (Å²) < 4.78 is 9.73. The molecule has 2 aromatic rings. The van der Waals surface area contributed by atoms with Gasteiger partial charge in [-0.1, -0.05) is 24.3 Å². The number of carbonyl (C=O) groups excluding carboxylic acids is 2. The normalized spacial score (nSPS) is 12.2. The molecule has 0 aromatic heterocycles. The van der Waals surface area contributed by atoms with Crippen molar-refractivity contribution in [2.75, 3.05) is 13.2 Å². The van der Waals surface area contributed by atoms with Crippen LogP contribution in [0.15, 0.2) is 60.7 Å². The van der Waals surface area contributed by atoms with Crippen molar-refractivity contribution in [2.45, 2.75) is 6.10 Å². The molecule has 0 unspecified atom stereocenters. The van der Waals surface area contributed by atoms with Crippen LogP contribution in [0.2, 0.25) is 0 Å². The lowest BCUT2D eigenvalue weighted by Crippen LogP contribution is -2.24. The third-order valence-electron chi connectivity index (χ3n) is 3.45. The Morgan fingerprint density at radius 2 is 1.11 bits per heavy atom. The molecule has 2 rings (SSSR count). The largest absolute Gasteiger partial charge is 0.508 e. The predicted octanol–water partition coefficient (Wildman–Crippen LogP) is 2.27. The Balaban J connectivity index is 1.67. The van der Waals surface area contributed by atoms with Gasteiger partial charge < -0.3 is 24.8 Å². The van der Waals surface area contributed by atoms with Gasteiger partial charge in [0.1, 0.15) is 30.8 Å². The molecule has 0 aliphatic rings. The lowest BCUT2D eigenvalue weighted by Gasteiger charge is -2.10. The maximum atomic E-state index is 11.6. The van der Waals surface area contributed by atoms with Gasteiger partial charge in [0, 0.05) is 12.2 Å². The van der Waals surface area contributed by atoms with E-state index in [1.165, 1.54) is 48.6 Å². The van der Waals surface area contributed by atoms with Crippen LogP contribution in [0.3, 0.4) is 0 Å². The number of hydrogen-bond acceptors (Lipinski definition) is 7. The first-order valence-electron chi connectivity index (χ1n) is 8.38. The summed E-state index contributed by atoms with van der Waals surface area (Å²) in [7, 11) is 0. The SMILES string of the molecule is O=C(C=Cc1ccc(O)cc1)OCC(O)COC(=O)C=Cc1ccc(O)cc1. The van der Waals surface area contributed by atoms with Crippen LogP contribution >= 0.6 is 0 Å². The second-order valence-electron chi connectivity index (χ2n) is 5.76. The zero-order valence-electron chi connectivity index (χ0n) is 14.9. The van der Waals surface area contributed by atoms with Crippen LogP contribution in [0.4, 0.5) is 0 Å². The molecule has 3 N–H and O–H groups in total. The van der Waals surface area contributed by atoms with Gasteiger partial charge in [0.25, 0.3) is 0 Å². The van der Waals surface area contributed by atoms with E-state index >= 15 is 0 Å². The number of rotatable bonds is 8. The molecule has 0 fully saturated rings. The number of aliphatic hydroxyl groups is 1. The summed E-state index contributed by atoms with van der Waals surface area (Å²) in [6.45, 7) is -0.651. The van der Waals surface area contributed by atoms with Gasteiger partial charge in [-0.25, -0.2) is 9.59 Å². The van der Waals surface area contributed by atoms with Crippen LogP contribution in [0.5, 0.6) is 11.5 Å². The van der Waals surface area contributed by atoms with E-state index in [1.54, 1.807) is 24.3 Å². The Hall–Kier alpha value is -3.58. The summed E-state index contributed by atoms with van der Waals surface area (Å²) in [6.07, 6.45) is 4.22. The van der Waals surface area contributed by atoms with Crippen LogP contribution in [-0.4, -0.2) is 46.6 Å². The van der Waals surface area contributed by atoms with E-state index in [4.69, 9.17) is 9.47 Å². The van der Waals surface area contributed by atoms with E-state index < -0.39 is 18.0 Å². The van der Waals surface area contributed by atoms with Crippen molar-refractivity contribution < 1.29 is 34.4 Å². The molecular weight excluding hydrogens is 364 g/mol. The molecule has 0 radical (unpaired) electrons. The number of carbonyl (C=O) groups is 2. The predicted molar refractivity (Wildman–Crippen MR) is 102 cm³/mol. The molecule has 0 aliphatic carbocycles. The van der Waals surface area contributed by atoms with Gasteiger partial charge in [-0.15, -0.1) is 0 Å². The fourth-order valence-electron chi connectivity index (χ4n) is 2.00. The van der Waals surface area contributed by atoms with E-state index in [0.29, 0.717) is 11.1 Å². The van der Waals surface area contributed by atoms with E-state index in [2.05, 4.69) is 0 Å².